The second-order valence-electron chi connectivity index (χ2n) is 12.3. The molecule has 9 aliphatic rings. The van der Waals surface area contributed by atoms with Crippen molar-refractivity contribution >= 4 is 37.2 Å². The number of hydrogen-bond donors (Lipinski definition) is 0. The Morgan fingerprint density at radius 1 is 0.262 bits per heavy atom. The fourth-order valence-corrected chi connectivity index (χ4v) is 4.82. The van der Waals surface area contributed by atoms with E-state index in [2.05, 4.69) is 14.7 Å². The second-order valence-corrected chi connectivity index (χ2v) is 12.3. The molecule has 9 rings (SSSR count). The van der Waals surface area contributed by atoms with Crippen molar-refractivity contribution in [1.82, 2.24) is 14.7 Å². The fraction of sp³-hybridized carbons (Fsp3) is 1.00. The lowest BCUT2D eigenvalue weighted by Crippen LogP contribution is -2.34. The first-order chi connectivity index (χ1) is 19.2. The molecule has 0 aromatic carbocycles. The summed E-state index contributed by atoms with van der Waals surface area (Å²) >= 11 is 0. The molecule has 0 radical (unpaired) electrons. The van der Waals surface area contributed by atoms with Crippen molar-refractivity contribution in [2.24, 2.45) is 0 Å². The lowest BCUT2D eigenvalue weighted by molar-refractivity contribution is 0.202. The predicted octanol–water partition coefficient (Wildman–Crippen LogP) is -0.280. The van der Waals surface area contributed by atoms with Gasteiger partial charge in [0, 0.05) is 58.9 Å². The van der Waals surface area contributed by atoms with Gasteiger partial charge >= 0.3 is 0 Å². The summed E-state index contributed by atoms with van der Waals surface area (Å²) in [7, 11) is 0. The van der Waals surface area contributed by atoms with Gasteiger partial charge in [-0.1, -0.05) is 0 Å². The van der Waals surface area contributed by atoms with E-state index in [0.29, 0.717) is 54.9 Å². The van der Waals surface area contributed by atoms with Crippen LogP contribution in [0.2, 0.25) is 0 Å². The molecule has 0 saturated carbocycles. The minimum Gasteiger partial charge on any atom is -0.372 e. The summed E-state index contributed by atoms with van der Waals surface area (Å²) in [5.41, 5.74) is 0. The van der Waals surface area contributed by atoms with Crippen LogP contribution >= 0.6 is 37.2 Å². The van der Waals surface area contributed by atoms with Crippen molar-refractivity contribution in [3.8, 4) is 0 Å². The van der Waals surface area contributed by atoms with Gasteiger partial charge in [0.15, 0.2) is 0 Å². The van der Waals surface area contributed by atoms with Crippen molar-refractivity contribution in [2.45, 2.75) is 54.9 Å². The third-order valence-electron chi connectivity index (χ3n) is 7.78. The normalized spacial score (nSPS) is 37.9. The van der Waals surface area contributed by atoms with Gasteiger partial charge in [0.05, 0.1) is 114 Å². The average molecular weight is 665 g/mol. The highest BCUT2D eigenvalue weighted by Gasteiger charge is 2.36. The zero-order valence-electron chi connectivity index (χ0n) is 24.2. The monoisotopic (exact) mass is 663 g/mol. The zero-order chi connectivity index (χ0) is 26.0. The van der Waals surface area contributed by atoms with Crippen LogP contribution in [0.1, 0.15) is 0 Å². The number of epoxide rings is 9. The average Bonchev–Trinajstić information content (AvgIpc) is 3.67. The van der Waals surface area contributed by atoms with Crippen molar-refractivity contribution < 1.29 is 42.6 Å². The van der Waals surface area contributed by atoms with Crippen LogP contribution in [0.3, 0.4) is 0 Å². The molecule has 42 heavy (non-hydrogen) atoms. The maximum atomic E-state index is 5.22. The van der Waals surface area contributed by atoms with Crippen LogP contribution in [-0.4, -0.2) is 188 Å². The molecule has 0 spiro atoms. The first kappa shape index (κ1) is 35.2. The highest BCUT2D eigenvalue weighted by Crippen LogP contribution is 2.21. The quantitative estimate of drug-likeness (QED) is 0.179. The first-order valence-electron chi connectivity index (χ1n) is 14.9. The van der Waals surface area contributed by atoms with E-state index in [1.807, 2.05) is 0 Å². The Morgan fingerprint density at radius 2 is 0.357 bits per heavy atom. The lowest BCUT2D eigenvalue weighted by atomic mass is 10.3. The van der Waals surface area contributed by atoms with Crippen molar-refractivity contribution in [3.05, 3.63) is 0 Å². The van der Waals surface area contributed by atoms with Crippen LogP contribution in [0, 0.1) is 0 Å². The number of ether oxygens (including phenoxy) is 9. The molecule has 246 valence electrons. The van der Waals surface area contributed by atoms with Gasteiger partial charge < -0.3 is 42.6 Å². The minimum absolute atomic E-state index is 0. The second kappa shape index (κ2) is 16.8. The molecular weight excluding hydrogens is 617 g/mol. The molecule has 0 bridgehead atoms. The lowest BCUT2D eigenvalue weighted by Gasteiger charge is -2.18. The van der Waals surface area contributed by atoms with Gasteiger partial charge in [-0.15, -0.1) is 37.2 Å². The third-order valence-corrected chi connectivity index (χ3v) is 7.78. The summed E-state index contributed by atoms with van der Waals surface area (Å²) in [6.07, 6.45) is 4.35. The smallest absolute Gasteiger partial charge is 0.0936 e. The number of nitrogens with zero attached hydrogens (tertiary/aromatic N) is 3. The van der Waals surface area contributed by atoms with E-state index in [1.165, 1.54) is 0 Å². The van der Waals surface area contributed by atoms with Gasteiger partial charge in [0.1, 0.15) is 0 Å². The highest BCUT2D eigenvalue weighted by atomic mass is 35.5. The number of halogens is 3. The minimum atomic E-state index is 0. The molecule has 0 aliphatic carbocycles. The molecule has 0 aromatic heterocycles. The molecule has 9 fully saturated rings. The van der Waals surface area contributed by atoms with E-state index >= 15 is 0 Å². The molecule has 9 unspecified atom stereocenters. The maximum Gasteiger partial charge on any atom is 0.0936 e. The van der Waals surface area contributed by atoms with Crippen LogP contribution < -0.4 is 0 Å². The highest BCUT2D eigenvalue weighted by molar-refractivity contribution is 5.86. The molecular formula is C27H48Cl3N3O9. The first-order valence-corrected chi connectivity index (χ1v) is 14.9. The number of rotatable bonds is 18. The van der Waals surface area contributed by atoms with E-state index in [-0.39, 0.29) is 37.2 Å². The Bertz CT molecular complexity index is 577. The van der Waals surface area contributed by atoms with Crippen LogP contribution in [-0.2, 0) is 42.6 Å². The van der Waals surface area contributed by atoms with E-state index in [4.69, 9.17) is 42.6 Å². The predicted molar refractivity (Wildman–Crippen MR) is 159 cm³/mol. The summed E-state index contributed by atoms with van der Waals surface area (Å²) in [6, 6.07) is 0. The van der Waals surface area contributed by atoms with Gasteiger partial charge in [-0.2, -0.15) is 0 Å². The molecule has 12 nitrogen and oxygen atoms in total. The summed E-state index contributed by atoms with van der Waals surface area (Å²) in [5, 5.41) is 0. The topological polar surface area (TPSA) is 122 Å². The fourth-order valence-electron chi connectivity index (χ4n) is 4.82. The summed E-state index contributed by atoms with van der Waals surface area (Å²) < 4.78 is 47.0. The van der Waals surface area contributed by atoms with Gasteiger partial charge in [0.25, 0.3) is 0 Å². The zero-order valence-corrected chi connectivity index (χ0v) is 26.6. The summed E-state index contributed by atoms with van der Waals surface area (Å²) in [5.74, 6) is 0. The maximum absolute atomic E-state index is 5.22. The van der Waals surface area contributed by atoms with Crippen LogP contribution in [0.5, 0.6) is 0 Å². The SMILES string of the molecule is C1OC1CN(CC1CO1)CC1CO1.C1OC1CN(CC1CO1)CC1CO1.C1OC1CN(CC1CO1)CC1CO1.Cl.Cl.Cl. The Balaban J connectivity index is 0.000000140. The van der Waals surface area contributed by atoms with Crippen molar-refractivity contribution in [1.29, 1.82) is 0 Å². The Morgan fingerprint density at radius 3 is 0.429 bits per heavy atom. The third kappa shape index (κ3) is 15.6. The van der Waals surface area contributed by atoms with Gasteiger partial charge in [0.2, 0.25) is 0 Å². The molecule has 9 heterocycles. The van der Waals surface area contributed by atoms with Crippen LogP contribution in [0.15, 0.2) is 0 Å². The molecule has 9 saturated heterocycles. The van der Waals surface area contributed by atoms with Crippen LogP contribution in [0.25, 0.3) is 0 Å². The number of hydrogen-bond acceptors (Lipinski definition) is 12. The summed E-state index contributed by atoms with van der Waals surface area (Å²) in [6.45, 7) is 17.9. The molecule has 0 aromatic rings. The molecule has 9 atom stereocenters. The molecule has 0 amide bonds. The largest absolute Gasteiger partial charge is 0.372 e. The Hall–Kier alpha value is 0.390. The Labute approximate surface area is 267 Å². The van der Waals surface area contributed by atoms with Gasteiger partial charge in [-0.25, -0.2) is 0 Å². The van der Waals surface area contributed by atoms with E-state index in [1.54, 1.807) is 0 Å². The van der Waals surface area contributed by atoms with Crippen molar-refractivity contribution in [3.63, 3.8) is 0 Å². The van der Waals surface area contributed by atoms with Crippen molar-refractivity contribution in [2.75, 3.05) is 118 Å². The molecule has 9 aliphatic heterocycles. The van der Waals surface area contributed by atoms with Gasteiger partial charge in [-0.3, -0.25) is 14.7 Å². The van der Waals surface area contributed by atoms with E-state index < -0.39 is 0 Å². The standard InChI is InChI=1S/3C9H15NO3.3ClH/c3*1(7-4-11-7)10(2-8-5-12-8)3-9-6-13-9;;;/h3*7-9H,1-6H2;3*1H. The van der Waals surface area contributed by atoms with E-state index in [9.17, 15) is 0 Å². The molecule has 15 heteroatoms. The van der Waals surface area contributed by atoms with Crippen LogP contribution in [0.4, 0.5) is 0 Å². The Kier molecular flexibility index (Phi) is 14.1. The summed E-state index contributed by atoms with van der Waals surface area (Å²) in [4.78, 5) is 7.23. The van der Waals surface area contributed by atoms with Gasteiger partial charge in [-0.05, 0) is 0 Å². The molecule has 0 N–H and O–H groups in total. The van der Waals surface area contributed by atoms with E-state index in [0.717, 1.165) is 118 Å².